The molecule has 4 heteroatoms. The highest BCUT2D eigenvalue weighted by Gasteiger charge is 2.07. The van der Waals surface area contributed by atoms with E-state index in [2.05, 4.69) is 0 Å². The molecule has 64 valence electrons. The highest BCUT2D eigenvalue weighted by atomic mass is 127. The summed E-state index contributed by atoms with van der Waals surface area (Å²) in [5, 5.41) is 0. The van der Waals surface area contributed by atoms with Gasteiger partial charge in [0.2, 0.25) is 0 Å². The van der Waals surface area contributed by atoms with Crippen molar-refractivity contribution in [3.8, 4) is 5.75 Å². The smallest absolute Gasteiger partial charge is 0.150 e. The number of ether oxygens (including phenoxy) is 1. The minimum Gasteiger partial charge on any atom is -0.496 e. The summed E-state index contributed by atoms with van der Waals surface area (Å²) in [6.45, 7) is 0. The largest absolute Gasteiger partial charge is 0.496 e. The number of hydrogen-bond donors (Lipinski definition) is 0. The molecule has 0 fully saturated rings. The molecule has 0 atom stereocenters. The minimum atomic E-state index is -0.433. The molecule has 0 aromatic heterocycles. The zero-order valence-electron chi connectivity index (χ0n) is 6.30. The van der Waals surface area contributed by atoms with E-state index in [1.54, 1.807) is 0 Å². The SMILES string of the molecule is COc1cc(C=O)cc(F)c1I. The van der Waals surface area contributed by atoms with Crippen molar-refractivity contribution in [1.29, 1.82) is 0 Å². The molecule has 0 bridgehead atoms. The van der Waals surface area contributed by atoms with Crippen LogP contribution in [0.25, 0.3) is 0 Å². The quantitative estimate of drug-likeness (QED) is 0.613. The highest BCUT2D eigenvalue weighted by molar-refractivity contribution is 14.1. The van der Waals surface area contributed by atoms with E-state index >= 15 is 0 Å². The number of hydrogen-bond acceptors (Lipinski definition) is 2. The van der Waals surface area contributed by atoms with Crippen LogP contribution >= 0.6 is 22.6 Å². The minimum absolute atomic E-state index is 0.282. The molecule has 0 aliphatic rings. The zero-order valence-corrected chi connectivity index (χ0v) is 8.46. The zero-order chi connectivity index (χ0) is 9.14. The summed E-state index contributed by atoms with van der Waals surface area (Å²) in [6, 6.07) is 2.68. The van der Waals surface area contributed by atoms with Crippen molar-refractivity contribution in [2.24, 2.45) is 0 Å². The summed E-state index contributed by atoms with van der Waals surface area (Å²) >= 11 is 1.82. The number of methoxy groups -OCH3 is 1. The first-order valence-corrected chi connectivity index (χ1v) is 4.25. The molecule has 0 heterocycles. The Labute approximate surface area is 82.9 Å². The normalized spacial score (nSPS) is 9.58. The van der Waals surface area contributed by atoms with Gasteiger partial charge in [0.1, 0.15) is 17.9 Å². The molecule has 0 unspecified atom stereocenters. The van der Waals surface area contributed by atoms with Gasteiger partial charge in [-0.2, -0.15) is 0 Å². The Bertz CT molecular complexity index is 312. The Kier molecular flexibility index (Phi) is 3.02. The first-order valence-electron chi connectivity index (χ1n) is 3.17. The molecular formula is C8H6FIO2. The Balaban J connectivity index is 3.28. The molecular weight excluding hydrogens is 274 g/mol. The molecule has 0 N–H and O–H groups in total. The number of carbonyl (C=O) groups is 1. The van der Waals surface area contributed by atoms with Gasteiger partial charge >= 0.3 is 0 Å². The highest BCUT2D eigenvalue weighted by Crippen LogP contribution is 2.24. The average molecular weight is 280 g/mol. The summed E-state index contributed by atoms with van der Waals surface area (Å²) in [4.78, 5) is 10.3. The van der Waals surface area contributed by atoms with Crippen molar-refractivity contribution in [3.05, 3.63) is 27.1 Å². The molecule has 1 aromatic rings. The van der Waals surface area contributed by atoms with Gasteiger partial charge in [-0.1, -0.05) is 0 Å². The number of rotatable bonds is 2. The molecule has 1 rings (SSSR count). The van der Waals surface area contributed by atoms with Gasteiger partial charge in [-0.3, -0.25) is 4.79 Å². The van der Waals surface area contributed by atoms with Crippen LogP contribution in [0.4, 0.5) is 4.39 Å². The van der Waals surface area contributed by atoms with Crippen LogP contribution in [-0.4, -0.2) is 13.4 Å². The third-order valence-corrected chi connectivity index (χ3v) is 2.42. The standard InChI is InChI=1S/C8H6FIO2/c1-12-7-3-5(4-11)2-6(9)8(7)10/h2-4H,1H3. The van der Waals surface area contributed by atoms with Crippen molar-refractivity contribution in [2.75, 3.05) is 7.11 Å². The predicted molar refractivity (Wildman–Crippen MR) is 51.1 cm³/mol. The van der Waals surface area contributed by atoms with E-state index < -0.39 is 5.82 Å². The van der Waals surface area contributed by atoms with E-state index in [-0.39, 0.29) is 5.56 Å². The summed E-state index contributed by atoms with van der Waals surface area (Å²) < 4.78 is 18.2. The third kappa shape index (κ3) is 1.74. The molecule has 0 aliphatic carbocycles. The van der Waals surface area contributed by atoms with Crippen molar-refractivity contribution >= 4 is 28.9 Å². The van der Waals surface area contributed by atoms with E-state index in [0.29, 0.717) is 15.6 Å². The van der Waals surface area contributed by atoms with E-state index in [0.717, 1.165) is 0 Å². The summed E-state index contributed by atoms with van der Waals surface area (Å²) in [6.07, 6.45) is 0.585. The van der Waals surface area contributed by atoms with E-state index in [4.69, 9.17) is 4.74 Å². The Morgan fingerprint density at radius 2 is 2.25 bits per heavy atom. The van der Waals surface area contributed by atoms with Crippen LogP contribution < -0.4 is 4.74 Å². The first-order chi connectivity index (χ1) is 5.69. The molecule has 0 spiro atoms. The number of carbonyl (C=O) groups excluding carboxylic acids is 1. The second kappa shape index (κ2) is 3.84. The van der Waals surface area contributed by atoms with Crippen LogP contribution in [0.1, 0.15) is 10.4 Å². The molecule has 12 heavy (non-hydrogen) atoms. The lowest BCUT2D eigenvalue weighted by Gasteiger charge is -2.03. The number of halogens is 2. The molecule has 1 aromatic carbocycles. The van der Waals surface area contributed by atoms with Gasteiger partial charge < -0.3 is 4.74 Å². The summed E-state index contributed by atoms with van der Waals surface area (Å²) in [5.41, 5.74) is 0.282. The van der Waals surface area contributed by atoms with Crippen LogP contribution in [0.5, 0.6) is 5.75 Å². The average Bonchev–Trinajstić information content (AvgIpc) is 2.09. The first kappa shape index (κ1) is 9.44. The lowest BCUT2D eigenvalue weighted by atomic mass is 10.2. The monoisotopic (exact) mass is 280 g/mol. The maximum atomic E-state index is 13.0. The molecule has 2 nitrogen and oxygen atoms in total. The van der Waals surface area contributed by atoms with Gasteiger partial charge in [-0.25, -0.2) is 4.39 Å². The third-order valence-electron chi connectivity index (χ3n) is 1.37. The van der Waals surface area contributed by atoms with Crippen LogP contribution in [0.2, 0.25) is 0 Å². The van der Waals surface area contributed by atoms with Gasteiger partial charge in [0.15, 0.2) is 0 Å². The fourth-order valence-corrected chi connectivity index (χ4v) is 1.33. The predicted octanol–water partition coefficient (Wildman–Crippen LogP) is 2.25. The van der Waals surface area contributed by atoms with Crippen molar-refractivity contribution < 1.29 is 13.9 Å². The number of benzene rings is 1. The van der Waals surface area contributed by atoms with Crippen LogP contribution in [0, 0.1) is 9.39 Å². The van der Waals surface area contributed by atoms with Crippen LogP contribution in [0.15, 0.2) is 12.1 Å². The van der Waals surface area contributed by atoms with Gasteiger partial charge in [-0.15, -0.1) is 0 Å². The van der Waals surface area contributed by atoms with Crippen molar-refractivity contribution in [1.82, 2.24) is 0 Å². The molecule has 0 saturated carbocycles. The molecule has 0 aliphatic heterocycles. The van der Waals surface area contributed by atoms with Crippen molar-refractivity contribution in [2.45, 2.75) is 0 Å². The van der Waals surface area contributed by atoms with Gasteiger partial charge in [-0.05, 0) is 34.7 Å². The topological polar surface area (TPSA) is 26.3 Å². The fraction of sp³-hybridized carbons (Fsp3) is 0.125. The van der Waals surface area contributed by atoms with Gasteiger partial charge in [0.05, 0.1) is 10.7 Å². The Hall–Kier alpha value is -0.650. The van der Waals surface area contributed by atoms with Crippen LogP contribution in [0.3, 0.4) is 0 Å². The summed E-state index contributed by atoms with van der Waals surface area (Å²) in [7, 11) is 1.44. The van der Waals surface area contributed by atoms with Crippen molar-refractivity contribution in [3.63, 3.8) is 0 Å². The van der Waals surface area contributed by atoms with Gasteiger partial charge in [0.25, 0.3) is 0 Å². The molecule has 0 radical (unpaired) electrons. The summed E-state index contributed by atoms with van der Waals surface area (Å²) in [5.74, 6) is -0.0465. The Morgan fingerprint density at radius 1 is 1.58 bits per heavy atom. The van der Waals surface area contributed by atoms with E-state index in [9.17, 15) is 9.18 Å². The Morgan fingerprint density at radius 3 is 2.75 bits per heavy atom. The molecule has 0 saturated heterocycles. The molecule has 0 amide bonds. The van der Waals surface area contributed by atoms with E-state index in [1.807, 2.05) is 22.6 Å². The lowest BCUT2D eigenvalue weighted by molar-refractivity contribution is 0.112. The second-order valence-electron chi connectivity index (χ2n) is 2.14. The lowest BCUT2D eigenvalue weighted by Crippen LogP contribution is -1.93. The van der Waals surface area contributed by atoms with Crippen LogP contribution in [-0.2, 0) is 0 Å². The fourth-order valence-electron chi connectivity index (χ4n) is 0.800. The maximum absolute atomic E-state index is 13.0. The van der Waals surface area contributed by atoms with E-state index in [1.165, 1.54) is 19.2 Å². The van der Waals surface area contributed by atoms with Gasteiger partial charge in [0, 0.05) is 5.56 Å². The second-order valence-corrected chi connectivity index (χ2v) is 3.22. The maximum Gasteiger partial charge on any atom is 0.150 e. The number of aldehydes is 1.